The fourth-order valence-electron chi connectivity index (χ4n) is 2.03. The molecule has 21 heavy (non-hydrogen) atoms. The molecule has 0 saturated heterocycles. The van der Waals surface area contributed by atoms with Crippen LogP contribution in [0, 0.1) is 0 Å². The second kappa shape index (κ2) is 6.92. The molecular weight excluding hydrogens is 308 g/mol. The molecule has 118 valence electrons. The molecule has 1 aromatic rings. The Morgan fingerprint density at radius 1 is 1.38 bits per heavy atom. The van der Waals surface area contributed by atoms with Crippen molar-refractivity contribution in [2.24, 2.45) is 0 Å². The van der Waals surface area contributed by atoms with E-state index < -0.39 is 15.6 Å². The summed E-state index contributed by atoms with van der Waals surface area (Å²) in [5.74, 6) is 0. The predicted molar refractivity (Wildman–Crippen MR) is 88.1 cm³/mol. The first-order valence-electron chi connectivity index (χ1n) is 6.71. The highest BCUT2D eigenvalue weighted by Crippen LogP contribution is 2.30. The Balaban J connectivity index is 3.40. The summed E-state index contributed by atoms with van der Waals surface area (Å²) < 4.78 is 27.2. The smallest absolute Gasteiger partial charge is 0.245 e. The average molecular weight is 331 g/mol. The third-order valence-electron chi connectivity index (χ3n) is 2.99. The summed E-state index contributed by atoms with van der Waals surface area (Å²) in [6, 6.07) is 5.05. The van der Waals surface area contributed by atoms with Crippen LogP contribution in [0.3, 0.4) is 0 Å². The first-order chi connectivity index (χ1) is 9.64. The molecule has 0 amide bonds. The van der Waals surface area contributed by atoms with E-state index >= 15 is 0 Å². The summed E-state index contributed by atoms with van der Waals surface area (Å²) >= 11 is 6.12. The minimum Gasteiger partial charge on any atom is -0.316 e. The van der Waals surface area contributed by atoms with Crippen LogP contribution in [0.25, 0.3) is 0 Å². The van der Waals surface area contributed by atoms with E-state index in [1.807, 2.05) is 33.9 Å². The first-order valence-corrected chi connectivity index (χ1v) is 8.53. The predicted octanol–water partition coefficient (Wildman–Crippen LogP) is 3.03. The van der Waals surface area contributed by atoms with Crippen LogP contribution >= 0.6 is 11.6 Å². The maximum absolute atomic E-state index is 12.9. The van der Waals surface area contributed by atoms with Gasteiger partial charge in [-0.25, -0.2) is 8.42 Å². The summed E-state index contributed by atoms with van der Waals surface area (Å²) in [7, 11) is -1.88. The summed E-state index contributed by atoms with van der Waals surface area (Å²) in [6.45, 7) is 10.00. The second-order valence-electron chi connectivity index (χ2n) is 5.79. The molecule has 0 aliphatic heterocycles. The number of nitrogens with one attached hydrogen (secondary N) is 1. The summed E-state index contributed by atoms with van der Waals surface area (Å²) in [5, 5.41) is 3.23. The molecule has 0 aliphatic carbocycles. The van der Waals surface area contributed by atoms with Crippen molar-refractivity contribution in [3.63, 3.8) is 0 Å². The van der Waals surface area contributed by atoms with Crippen molar-refractivity contribution in [2.75, 3.05) is 13.6 Å². The maximum Gasteiger partial charge on any atom is 0.245 e. The van der Waals surface area contributed by atoms with E-state index in [2.05, 4.69) is 11.9 Å². The number of halogens is 1. The zero-order valence-electron chi connectivity index (χ0n) is 13.0. The van der Waals surface area contributed by atoms with Crippen LogP contribution in [0.5, 0.6) is 0 Å². The Bertz CT molecular complexity index is 607. The Hall–Kier alpha value is -0.880. The standard InChI is InChI=1S/C15H23ClN2O2S/c1-6-9-18(15(2,3)4)21(19,20)14-10-12(11-17-5)7-8-13(14)16/h6-8,10,17H,1,9,11H2,2-5H3. The largest absolute Gasteiger partial charge is 0.316 e. The van der Waals surface area contributed by atoms with Gasteiger partial charge in [0.25, 0.3) is 0 Å². The Morgan fingerprint density at radius 2 is 2.00 bits per heavy atom. The topological polar surface area (TPSA) is 49.4 Å². The van der Waals surface area contributed by atoms with Gasteiger partial charge in [-0.2, -0.15) is 4.31 Å². The van der Waals surface area contributed by atoms with Crippen LogP contribution < -0.4 is 5.32 Å². The van der Waals surface area contributed by atoms with Crippen LogP contribution in [0.1, 0.15) is 26.3 Å². The van der Waals surface area contributed by atoms with Crippen LogP contribution in [0.2, 0.25) is 5.02 Å². The molecule has 0 aliphatic rings. The minimum absolute atomic E-state index is 0.133. The molecule has 0 heterocycles. The van der Waals surface area contributed by atoms with Crippen LogP contribution in [0.4, 0.5) is 0 Å². The van der Waals surface area contributed by atoms with Gasteiger partial charge in [0.05, 0.1) is 5.02 Å². The van der Waals surface area contributed by atoms with E-state index in [0.29, 0.717) is 6.54 Å². The van der Waals surface area contributed by atoms with Crippen molar-refractivity contribution in [2.45, 2.75) is 37.8 Å². The molecule has 0 saturated carbocycles. The average Bonchev–Trinajstić information content (AvgIpc) is 2.36. The number of benzene rings is 1. The summed E-state index contributed by atoms with van der Waals surface area (Å²) in [4.78, 5) is 0.133. The van der Waals surface area contributed by atoms with Gasteiger partial charge >= 0.3 is 0 Å². The molecular formula is C15H23ClN2O2S. The quantitative estimate of drug-likeness (QED) is 0.816. The van der Waals surface area contributed by atoms with Gasteiger partial charge in [-0.05, 0) is 45.5 Å². The van der Waals surface area contributed by atoms with Crippen molar-refractivity contribution in [3.8, 4) is 0 Å². The third-order valence-corrected chi connectivity index (χ3v) is 5.60. The molecule has 0 fully saturated rings. The van der Waals surface area contributed by atoms with Crippen molar-refractivity contribution in [3.05, 3.63) is 41.4 Å². The zero-order valence-corrected chi connectivity index (χ0v) is 14.6. The fraction of sp³-hybridized carbons (Fsp3) is 0.467. The SMILES string of the molecule is C=CCN(C(C)(C)C)S(=O)(=O)c1cc(CNC)ccc1Cl. The number of rotatable bonds is 6. The number of hydrogen-bond donors (Lipinski definition) is 1. The van der Waals surface area contributed by atoms with Crippen molar-refractivity contribution in [1.82, 2.24) is 9.62 Å². The number of sulfonamides is 1. The molecule has 1 aromatic carbocycles. The lowest BCUT2D eigenvalue weighted by atomic mass is 10.1. The normalized spacial score (nSPS) is 12.7. The zero-order chi connectivity index (χ0) is 16.3. The fourth-order valence-corrected chi connectivity index (χ4v) is 4.31. The van der Waals surface area contributed by atoms with Crippen LogP contribution in [-0.4, -0.2) is 31.9 Å². The summed E-state index contributed by atoms with van der Waals surface area (Å²) in [6.07, 6.45) is 1.58. The Kier molecular flexibility index (Phi) is 5.99. The molecule has 1 rings (SSSR count). The molecule has 0 spiro atoms. The van der Waals surface area contributed by atoms with E-state index in [1.54, 1.807) is 18.2 Å². The molecule has 4 nitrogen and oxygen atoms in total. The Morgan fingerprint density at radius 3 is 2.48 bits per heavy atom. The van der Waals surface area contributed by atoms with E-state index in [-0.39, 0.29) is 16.5 Å². The monoisotopic (exact) mass is 330 g/mol. The lowest BCUT2D eigenvalue weighted by Crippen LogP contribution is -2.45. The molecule has 0 unspecified atom stereocenters. The summed E-state index contributed by atoms with van der Waals surface area (Å²) in [5.41, 5.74) is 0.308. The van der Waals surface area contributed by atoms with E-state index in [9.17, 15) is 8.42 Å². The molecule has 0 radical (unpaired) electrons. The van der Waals surface area contributed by atoms with Crippen molar-refractivity contribution >= 4 is 21.6 Å². The third kappa shape index (κ3) is 4.30. The highest BCUT2D eigenvalue weighted by molar-refractivity contribution is 7.89. The van der Waals surface area contributed by atoms with E-state index in [1.165, 1.54) is 4.31 Å². The van der Waals surface area contributed by atoms with Gasteiger partial charge in [0, 0.05) is 18.6 Å². The van der Waals surface area contributed by atoms with Gasteiger partial charge in [0.2, 0.25) is 10.0 Å². The van der Waals surface area contributed by atoms with Gasteiger partial charge in [-0.3, -0.25) is 0 Å². The van der Waals surface area contributed by atoms with Gasteiger partial charge in [-0.15, -0.1) is 6.58 Å². The molecule has 0 bridgehead atoms. The first kappa shape index (κ1) is 18.2. The molecule has 0 atom stereocenters. The Labute approximate surface area is 132 Å². The van der Waals surface area contributed by atoms with E-state index in [0.717, 1.165) is 5.56 Å². The molecule has 6 heteroatoms. The van der Waals surface area contributed by atoms with Crippen molar-refractivity contribution < 1.29 is 8.42 Å². The van der Waals surface area contributed by atoms with Crippen LogP contribution in [-0.2, 0) is 16.6 Å². The highest BCUT2D eigenvalue weighted by Gasteiger charge is 2.34. The van der Waals surface area contributed by atoms with Gasteiger partial charge < -0.3 is 5.32 Å². The molecule has 0 aromatic heterocycles. The lowest BCUT2D eigenvalue weighted by Gasteiger charge is -2.34. The minimum atomic E-state index is -3.69. The van der Waals surface area contributed by atoms with Gasteiger partial charge in [-0.1, -0.05) is 23.7 Å². The number of nitrogens with zero attached hydrogens (tertiary/aromatic N) is 1. The number of hydrogen-bond acceptors (Lipinski definition) is 3. The highest BCUT2D eigenvalue weighted by atomic mass is 35.5. The van der Waals surface area contributed by atoms with Crippen LogP contribution in [0.15, 0.2) is 35.7 Å². The second-order valence-corrected chi connectivity index (χ2v) is 8.03. The lowest BCUT2D eigenvalue weighted by molar-refractivity contribution is 0.270. The van der Waals surface area contributed by atoms with Crippen molar-refractivity contribution in [1.29, 1.82) is 0 Å². The molecule has 1 N–H and O–H groups in total. The van der Waals surface area contributed by atoms with Gasteiger partial charge in [0.1, 0.15) is 4.90 Å². The van der Waals surface area contributed by atoms with Gasteiger partial charge in [0.15, 0.2) is 0 Å². The maximum atomic E-state index is 12.9. The van der Waals surface area contributed by atoms with E-state index in [4.69, 9.17) is 11.6 Å².